The van der Waals surface area contributed by atoms with Crippen molar-refractivity contribution in [2.75, 3.05) is 0 Å². The second-order valence-electron chi connectivity index (χ2n) is 12.7. The van der Waals surface area contributed by atoms with E-state index in [-0.39, 0.29) is 17.3 Å². The van der Waals surface area contributed by atoms with Gasteiger partial charge >= 0.3 is 0 Å². The van der Waals surface area contributed by atoms with Crippen LogP contribution in [0.25, 0.3) is 0 Å². The van der Waals surface area contributed by atoms with Crippen LogP contribution in [0.15, 0.2) is 250 Å². The Hall–Kier alpha value is -8.55. The normalized spacial score (nSPS) is 9.52. The fourth-order valence-corrected chi connectivity index (χ4v) is 5.06. The molecule has 0 aliphatic carbocycles. The molecule has 6 aromatic carbocycles. The lowest BCUT2D eigenvalue weighted by Crippen LogP contribution is -2.70. The number of hydrogen-bond donors (Lipinski definition) is 3. The quantitative estimate of drug-likeness (QED) is 0.155. The molecule has 0 saturated carbocycles. The zero-order valence-electron chi connectivity index (χ0n) is 33.9. The Kier molecular flexibility index (Phi) is 21.0. The van der Waals surface area contributed by atoms with Gasteiger partial charge in [0.1, 0.15) is 69.3 Å². The minimum Gasteiger partial charge on any atom is -0.542 e. The number of aromatic carboxylic acids is 3. The molecule has 12 nitrogen and oxygen atoms in total. The van der Waals surface area contributed by atoms with Crippen molar-refractivity contribution in [1.29, 1.82) is 0 Å². The molecule has 6 N–H and O–H groups in total. The maximum absolute atomic E-state index is 9.86. The summed E-state index contributed by atoms with van der Waals surface area (Å²) in [7, 11) is 0. The van der Waals surface area contributed by atoms with Crippen molar-refractivity contribution in [3.63, 3.8) is 0 Å². The molecule has 0 aliphatic heterocycles. The van der Waals surface area contributed by atoms with Gasteiger partial charge in [0.15, 0.2) is 0 Å². The summed E-state index contributed by atoms with van der Waals surface area (Å²) in [6.07, 6.45) is 3.85. The summed E-state index contributed by atoms with van der Waals surface area (Å²) in [5.74, 6) is -4.25. The number of carbonyl (C=O) groups excluding carboxylic acids is 3. The molecule has 0 saturated heterocycles. The lowest BCUT2D eigenvalue weighted by Gasteiger charge is -1.98. The summed E-state index contributed by atoms with van der Waals surface area (Å²) in [5.41, 5.74) is 7.47. The monoisotopic (exact) mass is 843 g/mol. The van der Waals surface area contributed by atoms with Gasteiger partial charge in [-0.05, 0) is 109 Å². The van der Waals surface area contributed by atoms with Crippen molar-refractivity contribution in [3.05, 3.63) is 254 Å². The smallest absolute Gasteiger partial charge is 0.149 e. The number of para-hydroxylation sites is 6. The number of nitrogens with two attached hydrogens (primary N) is 3. The van der Waals surface area contributed by atoms with Crippen LogP contribution in [0.5, 0.6) is 0 Å². The first-order valence-electron chi connectivity index (χ1n) is 19.4. The van der Waals surface area contributed by atoms with Gasteiger partial charge < -0.3 is 43.0 Å². The van der Waals surface area contributed by atoms with Crippen LogP contribution in [0.2, 0.25) is 0 Å². The van der Waals surface area contributed by atoms with Crippen molar-refractivity contribution in [2.24, 2.45) is 0 Å². The number of quaternary nitrogens is 3. The molecule has 0 spiro atoms. The summed E-state index contributed by atoms with van der Waals surface area (Å²) in [6.45, 7) is 0. The van der Waals surface area contributed by atoms with E-state index in [1.807, 2.05) is 36.4 Å². The van der Waals surface area contributed by atoms with Crippen molar-refractivity contribution >= 4 is 52.0 Å². The van der Waals surface area contributed by atoms with Crippen molar-refractivity contribution in [1.82, 2.24) is 0 Å². The predicted molar refractivity (Wildman–Crippen MR) is 232 cm³/mol. The van der Waals surface area contributed by atoms with Crippen molar-refractivity contribution < 1.29 is 58.9 Å². The van der Waals surface area contributed by atoms with Gasteiger partial charge in [-0.25, -0.2) is 0 Å². The largest absolute Gasteiger partial charge is 0.542 e. The summed E-state index contributed by atoms with van der Waals surface area (Å²) in [4.78, 5) is 29.6. The summed E-state index contributed by atoms with van der Waals surface area (Å²) in [5, 5.41) is 36.1. The van der Waals surface area contributed by atoms with Gasteiger partial charge in [0.05, 0.1) is 18.8 Å². The van der Waals surface area contributed by atoms with E-state index in [0.717, 1.165) is 0 Å². The lowest BCUT2D eigenvalue weighted by atomic mass is 10.3. The van der Waals surface area contributed by atoms with Gasteiger partial charge in [-0.15, -0.1) is 0 Å². The molecule has 3 aromatic heterocycles. The van der Waals surface area contributed by atoms with Crippen LogP contribution in [-0.2, 0) is 0 Å². The van der Waals surface area contributed by atoms with Gasteiger partial charge in [-0.1, -0.05) is 109 Å². The fourth-order valence-electron chi connectivity index (χ4n) is 5.06. The molecule has 0 fully saturated rings. The molecule has 9 rings (SSSR count). The number of carboxylic acid groups (broad SMARTS) is 3. The molecule has 318 valence electrons. The van der Waals surface area contributed by atoms with Crippen LogP contribution in [0.1, 0.15) is 31.7 Å². The highest BCUT2D eigenvalue weighted by atomic mass is 16.4. The van der Waals surface area contributed by atoms with Gasteiger partial charge in [0.25, 0.3) is 0 Å². The Balaban J connectivity index is 0.000000168. The molecule has 0 bridgehead atoms. The molecule has 12 heteroatoms. The van der Waals surface area contributed by atoms with Crippen LogP contribution >= 0.6 is 0 Å². The van der Waals surface area contributed by atoms with Gasteiger partial charge in [-0.3, -0.25) is 16.0 Å². The Morgan fingerprint density at radius 2 is 0.444 bits per heavy atom. The highest BCUT2D eigenvalue weighted by Gasteiger charge is 1.99. The number of rotatable bonds is 9. The molecule has 0 amide bonds. The Morgan fingerprint density at radius 1 is 0.270 bits per heavy atom. The van der Waals surface area contributed by atoms with Gasteiger partial charge in [0.2, 0.25) is 0 Å². The lowest BCUT2D eigenvalue weighted by molar-refractivity contribution is -0.479. The molecular formula is C51H45N3O9. The summed E-state index contributed by atoms with van der Waals surface area (Å²) in [6, 6.07) is 70.5. The number of carboxylic acids is 3. The third-order valence-corrected chi connectivity index (χ3v) is 7.96. The number of furan rings is 3. The number of benzene rings is 6. The molecule has 3 heterocycles. The molecule has 63 heavy (non-hydrogen) atoms. The van der Waals surface area contributed by atoms with Crippen LogP contribution in [0.3, 0.4) is 0 Å². The maximum atomic E-state index is 9.86. The van der Waals surface area contributed by atoms with Crippen LogP contribution in [0, 0.1) is 0 Å². The average Bonchev–Trinajstić information content (AvgIpc) is 4.16. The molecule has 9 aromatic rings. The number of carbonyl (C=O) groups is 3. The van der Waals surface area contributed by atoms with E-state index in [9.17, 15) is 29.7 Å². The first-order chi connectivity index (χ1) is 30.8. The standard InChI is InChI=1S/3C12H11N.3C5H4O3/c3*1-3-7-11(8-4-1)13-12-9-5-2-6-10-12;3*6-5(7)4-2-1-3-8-4/h3*1-10,13H;3*1-3H,(H,6,7). The van der Waals surface area contributed by atoms with E-state index < -0.39 is 17.9 Å². The Bertz CT molecular complexity index is 2120. The van der Waals surface area contributed by atoms with Crippen molar-refractivity contribution in [3.8, 4) is 0 Å². The summed E-state index contributed by atoms with van der Waals surface area (Å²) >= 11 is 0. The van der Waals surface area contributed by atoms with E-state index in [2.05, 4.69) is 175 Å². The molecule has 0 atom stereocenters. The molecule has 0 unspecified atom stereocenters. The molecular weight excluding hydrogens is 799 g/mol. The van der Waals surface area contributed by atoms with Crippen molar-refractivity contribution in [2.45, 2.75) is 0 Å². The van der Waals surface area contributed by atoms with Crippen LogP contribution < -0.4 is 31.3 Å². The van der Waals surface area contributed by atoms with E-state index in [1.54, 1.807) is 0 Å². The predicted octanol–water partition coefficient (Wildman–Crippen LogP) is 5.57. The fraction of sp³-hybridized carbons (Fsp3) is 0. The Labute approximate surface area is 364 Å². The molecule has 0 radical (unpaired) electrons. The zero-order valence-corrected chi connectivity index (χ0v) is 33.9. The first-order valence-corrected chi connectivity index (χ1v) is 19.4. The van der Waals surface area contributed by atoms with E-state index in [1.165, 1.54) is 89.3 Å². The third kappa shape index (κ3) is 19.8. The minimum absolute atomic E-state index is 0.134. The maximum Gasteiger partial charge on any atom is 0.149 e. The van der Waals surface area contributed by atoms with E-state index in [0.29, 0.717) is 0 Å². The summed E-state index contributed by atoms with van der Waals surface area (Å²) < 4.78 is 13.3. The topological polar surface area (TPSA) is 210 Å². The first kappa shape index (κ1) is 47.1. The van der Waals surface area contributed by atoms with Gasteiger partial charge in [-0.2, -0.15) is 0 Å². The average molecular weight is 844 g/mol. The van der Waals surface area contributed by atoms with Crippen LogP contribution in [-0.4, -0.2) is 17.9 Å². The highest BCUT2D eigenvalue weighted by Crippen LogP contribution is 2.06. The second kappa shape index (κ2) is 28.0. The number of hydrogen-bond acceptors (Lipinski definition) is 9. The SMILES string of the molecule is O=C([O-])c1ccco1.O=C([O-])c1ccco1.O=C([O-])c1ccco1.c1ccc([NH2+]c2ccccc2)cc1.c1ccc([NH2+]c2ccccc2)cc1.c1ccc([NH2+]c2ccccc2)cc1. The zero-order chi connectivity index (χ0) is 44.7. The second-order valence-corrected chi connectivity index (χ2v) is 12.7. The molecule has 0 aliphatic rings. The Morgan fingerprint density at radius 3 is 0.556 bits per heavy atom. The third-order valence-electron chi connectivity index (χ3n) is 7.96. The van der Waals surface area contributed by atoms with Gasteiger partial charge in [0, 0.05) is 0 Å². The minimum atomic E-state index is -1.28. The van der Waals surface area contributed by atoms with E-state index in [4.69, 9.17) is 0 Å². The van der Waals surface area contributed by atoms with Crippen LogP contribution in [0.4, 0.5) is 34.1 Å². The van der Waals surface area contributed by atoms with E-state index >= 15 is 0 Å². The highest BCUT2D eigenvalue weighted by molar-refractivity contribution is 5.82.